The normalized spacial score (nSPS) is 22.2. The molecule has 2 nitrogen and oxygen atoms in total. The van der Waals surface area contributed by atoms with Crippen molar-refractivity contribution in [1.82, 2.24) is 4.90 Å². The van der Waals surface area contributed by atoms with Gasteiger partial charge >= 0.3 is 6.18 Å². The third-order valence-corrected chi connectivity index (χ3v) is 3.08. The van der Waals surface area contributed by atoms with Crippen molar-refractivity contribution in [2.75, 3.05) is 6.54 Å². The molecular weight excluding hydrogens is 267 g/mol. The van der Waals surface area contributed by atoms with E-state index in [9.17, 15) is 13.2 Å². The van der Waals surface area contributed by atoms with Crippen LogP contribution in [0.25, 0.3) is 0 Å². The fourth-order valence-electron chi connectivity index (χ4n) is 2.03. The van der Waals surface area contributed by atoms with Crippen LogP contribution >= 0.6 is 0 Å². The van der Waals surface area contributed by atoms with Crippen molar-refractivity contribution in [3.63, 3.8) is 0 Å². The Kier molecular flexibility index (Phi) is 4.05. The third-order valence-electron chi connectivity index (χ3n) is 3.08. The second kappa shape index (κ2) is 5.59. The van der Waals surface area contributed by atoms with Gasteiger partial charge in [0, 0.05) is 12.1 Å². The first-order valence-corrected chi connectivity index (χ1v) is 6.09. The summed E-state index contributed by atoms with van der Waals surface area (Å²) in [6.45, 7) is 1.80. The molecule has 0 aromatic heterocycles. The summed E-state index contributed by atoms with van der Waals surface area (Å²) in [5.41, 5.74) is 1.19. The summed E-state index contributed by atoms with van der Waals surface area (Å²) in [5.74, 6) is 2.54. The van der Waals surface area contributed by atoms with E-state index in [0.717, 1.165) is 5.56 Å². The van der Waals surface area contributed by atoms with E-state index in [1.54, 1.807) is 31.2 Å². The van der Waals surface area contributed by atoms with Crippen molar-refractivity contribution < 1.29 is 17.9 Å². The first-order chi connectivity index (χ1) is 9.41. The summed E-state index contributed by atoms with van der Waals surface area (Å²) in [5, 5.41) is 0. The number of hydrogen-bond donors (Lipinski definition) is 0. The Morgan fingerprint density at radius 1 is 1.40 bits per heavy atom. The van der Waals surface area contributed by atoms with Crippen LogP contribution in [0.2, 0.25) is 0 Å². The summed E-state index contributed by atoms with van der Waals surface area (Å²) in [4.78, 5) is 1.23. The lowest BCUT2D eigenvalue weighted by atomic mass is 10.2. The highest BCUT2D eigenvalue weighted by atomic mass is 19.4. The van der Waals surface area contributed by atoms with Gasteiger partial charge < -0.3 is 4.74 Å². The third kappa shape index (κ3) is 3.14. The SMILES string of the molecule is C#C/C(C)=C1\CN(Cc2ccccc2)C(C(F)(F)F)O1. The lowest BCUT2D eigenvalue weighted by Crippen LogP contribution is -2.41. The van der Waals surface area contributed by atoms with Gasteiger partial charge in [0.15, 0.2) is 0 Å². The highest BCUT2D eigenvalue weighted by Crippen LogP contribution is 2.34. The molecule has 1 aliphatic heterocycles. The van der Waals surface area contributed by atoms with Crippen LogP contribution in [-0.2, 0) is 11.3 Å². The summed E-state index contributed by atoms with van der Waals surface area (Å²) in [7, 11) is 0. The van der Waals surface area contributed by atoms with Gasteiger partial charge in [-0.2, -0.15) is 13.2 Å². The second-order valence-electron chi connectivity index (χ2n) is 4.59. The molecule has 1 aromatic carbocycles. The van der Waals surface area contributed by atoms with Crippen molar-refractivity contribution in [1.29, 1.82) is 0 Å². The molecule has 1 heterocycles. The zero-order chi connectivity index (χ0) is 14.8. The molecule has 1 unspecified atom stereocenters. The Morgan fingerprint density at radius 3 is 2.60 bits per heavy atom. The Bertz CT molecular complexity index is 542. The van der Waals surface area contributed by atoms with Gasteiger partial charge in [-0.15, -0.1) is 6.42 Å². The van der Waals surface area contributed by atoms with Crippen molar-refractivity contribution in [3.05, 3.63) is 47.2 Å². The van der Waals surface area contributed by atoms with E-state index in [1.807, 2.05) is 6.07 Å². The smallest absolute Gasteiger partial charge is 0.439 e. The van der Waals surface area contributed by atoms with Gasteiger partial charge in [-0.05, 0) is 12.5 Å². The van der Waals surface area contributed by atoms with E-state index in [2.05, 4.69) is 5.92 Å². The monoisotopic (exact) mass is 281 g/mol. The number of hydrogen-bond acceptors (Lipinski definition) is 2. The van der Waals surface area contributed by atoms with E-state index in [-0.39, 0.29) is 18.8 Å². The maximum Gasteiger partial charge on any atom is 0.439 e. The fraction of sp³-hybridized carbons (Fsp3) is 0.333. The lowest BCUT2D eigenvalue weighted by Gasteiger charge is -2.23. The number of terminal acetylenes is 1. The Hall–Kier alpha value is -1.93. The van der Waals surface area contributed by atoms with Crippen LogP contribution in [0.4, 0.5) is 13.2 Å². The number of alkyl halides is 3. The number of allylic oxidation sites excluding steroid dienone is 1. The molecule has 1 fully saturated rings. The van der Waals surface area contributed by atoms with Crippen molar-refractivity contribution in [2.24, 2.45) is 0 Å². The van der Waals surface area contributed by atoms with Crippen LogP contribution in [0, 0.1) is 12.3 Å². The summed E-state index contributed by atoms with van der Waals surface area (Å²) < 4.78 is 44.0. The molecule has 0 N–H and O–H groups in total. The standard InChI is InChI=1S/C15H14F3NO/c1-3-11(2)13-10-19(14(20-13)15(16,17)18)9-12-7-5-4-6-8-12/h1,4-8,14H,9-10H2,2H3/b13-11+. The van der Waals surface area contributed by atoms with Crippen LogP contribution < -0.4 is 0 Å². The number of rotatable bonds is 2. The molecule has 20 heavy (non-hydrogen) atoms. The average Bonchev–Trinajstić information content (AvgIpc) is 2.83. The van der Waals surface area contributed by atoms with Crippen molar-refractivity contribution in [2.45, 2.75) is 25.9 Å². The molecule has 2 rings (SSSR count). The first kappa shape index (κ1) is 14.5. The van der Waals surface area contributed by atoms with Crippen LogP contribution in [0.3, 0.4) is 0 Å². The summed E-state index contributed by atoms with van der Waals surface area (Å²) >= 11 is 0. The molecule has 5 heteroatoms. The second-order valence-corrected chi connectivity index (χ2v) is 4.59. The molecule has 0 aliphatic carbocycles. The highest BCUT2D eigenvalue weighted by Gasteiger charge is 2.50. The summed E-state index contributed by atoms with van der Waals surface area (Å²) in [6.07, 6.45) is -1.18. The van der Waals surface area contributed by atoms with Gasteiger partial charge in [0.25, 0.3) is 0 Å². The Morgan fingerprint density at radius 2 is 2.05 bits per heavy atom. The molecule has 0 saturated carbocycles. The van der Waals surface area contributed by atoms with Gasteiger partial charge in [0.05, 0.1) is 6.54 Å². The molecule has 0 spiro atoms. The number of nitrogens with zero attached hydrogens (tertiary/aromatic N) is 1. The minimum Gasteiger partial charge on any atom is -0.467 e. The number of ether oxygens (including phenoxy) is 1. The van der Waals surface area contributed by atoms with E-state index in [0.29, 0.717) is 5.57 Å². The van der Waals surface area contributed by atoms with Gasteiger partial charge in [0.1, 0.15) is 5.76 Å². The zero-order valence-corrected chi connectivity index (χ0v) is 10.9. The fourth-order valence-corrected chi connectivity index (χ4v) is 2.03. The molecule has 1 atom stereocenters. The topological polar surface area (TPSA) is 12.5 Å². The zero-order valence-electron chi connectivity index (χ0n) is 10.9. The van der Waals surface area contributed by atoms with Crippen molar-refractivity contribution in [3.8, 4) is 12.3 Å². The minimum atomic E-state index is -4.45. The van der Waals surface area contributed by atoms with E-state index in [4.69, 9.17) is 11.2 Å². The van der Waals surface area contributed by atoms with Crippen LogP contribution in [0.15, 0.2) is 41.7 Å². The highest BCUT2D eigenvalue weighted by molar-refractivity contribution is 5.28. The van der Waals surface area contributed by atoms with E-state index < -0.39 is 12.4 Å². The van der Waals surface area contributed by atoms with Gasteiger partial charge in [-0.25, -0.2) is 4.90 Å². The molecule has 0 radical (unpaired) electrons. The average molecular weight is 281 g/mol. The maximum absolute atomic E-state index is 13.0. The Balaban J connectivity index is 2.23. The molecule has 0 bridgehead atoms. The molecule has 106 valence electrons. The van der Waals surface area contributed by atoms with Crippen LogP contribution in [-0.4, -0.2) is 23.8 Å². The molecule has 1 aliphatic rings. The maximum atomic E-state index is 13.0. The predicted octanol–water partition coefficient (Wildman–Crippen LogP) is 3.31. The van der Waals surface area contributed by atoms with E-state index in [1.165, 1.54) is 4.90 Å². The molecule has 1 aromatic rings. The lowest BCUT2D eigenvalue weighted by molar-refractivity contribution is -0.236. The predicted molar refractivity (Wildman–Crippen MR) is 69.3 cm³/mol. The van der Waals surface area contributed by atoms with Crippen molar-refractivity contribution >= 4 is 0 Å². The van der Waals surface area contributed by atoms with Gasteiger partial charge in [-0.3, -0.25) is 0 Å². The van der Waals surface area contributed by atoms with Crippen LogP contribution in [0.1, 0.15) is 12.5 Å². The largest absolute Gasteiger partial charge is 0.467 e. The van der Waals surface area contributed by atoms with E-state index >= 15 is 0 Å². The molecule has 1 saturated heterocycles. The van der Waals surface area contributed by atoms with Gasteiger partial charge in [0.2, 0.25) is 6.23 Å². The molecular formula is C15H14F3NO. The van der Waals surface area contributed by atoms with Gasteiger partial charge in [-0.1, -0.05) is 36.3 Å². The number of halogens is 3. The minimum absolute atomic E-state index is 0.0646. The van der Waals surface area contributed by atoms with Crippen LogP contribution in [0.5, 0.6) is 0 Å². The molecule has 0 amide bonds. The first-order valence-electron chi connectivity index (χ1n) is 6.09. The number of benzene rings is 1. The Labute approximate surface area is 115 Å². The summed E-state index contributed by atoms with van der Waals surface area (Å²) in [6, 6.07) is 8.96. The quantitative estimate of drug-likeness (QED) is 0.771.